The van der Waals surface area contributed by atoms with Crippen molar-refractivity contribution in [2.24, 2.45) is 10.7 Å². The van der Waals surface area contributed by atoms with E-state index < -0.39 is 17.2 Å². The molecule has 1 aliphatic rings. The average molecular weight is 240 g/mol. The van der Waals surface area contributed by atoms with Crippen molar-refractivity contribution in [3.63, 3.8) is 0 Å². The fourth-order valence-electron chi connectivity index (χ4n) is 1.57. The van der Waals surface area contributed by atoms with Crippen LogP contribution < -0.4 is 5.73 Å². The Kier molecular flexibility index (Phi) is 2.71. The second-order valence-electron chi connectivity index (χ2n) is 3.62. The lowest BCUT2D eigenvalue weighted by Crippen LogP contribution is -2.25. The van der Waals surface area contributed by atoms with Crippen molar-refractivity contribution in [3.8, 4) is 0 Å². The Morgan fingerprint density at radius 1 is 1.38 bits per heavy atom. The zero-order chi connectivity index (χ0) is 11.8. The van der Waals surface area contributed by atoms with Gasteiger partial charge in [-0.3, -0.25) is 0 Å². The predicted octanol–water partition coefficient (Wildman–Crippen LogP) is 2.76. The van der Waals surface area contributed by atoms with E-state index in [1.807, 2.05) is 0 Å². The van der Waals surface area contributed by atoms with E-state index in [-0.39, 0.29) is 5.56 Å². The zero-order valence-corrected chi connectivity index (χ0v) is 9.39. The number of hydrogen-bond donors (Lipinski definition) is 1. The minimum absolute atomic E-state index is 0.187. The van der Waals surface area contributed by atoms with E-state index in [2.05, 4.69) is 4.99 Å². The molecule has 2 rings (SSSR count). The van der Waals surface area contributed by atoms with Gasteiger partial charge < -0.3 is 5.73 Å². The molecule has 0 aliphatic carbocycles. The van der Waals surface area contributed by atoms with Gasteiger partial charge in [0.2, 0.25) is 0 Å². The van der Waals surface area contributed by atoms with E-state index in [9.17, 15) is 8.78 Å². The van der Waals surface area contributed by atoms with E-state index in [4.69, 9.17) is 5.73 Å². The average Bonchev–Trinajstić information content (AvgIpc) is 2.21. The number of aliphatic imine (C=N–C) groups is 1. The first-order valence-electron chi connectivity index (χ1n) is 4.67. The van der Waals surface area contributed by atoms with Gasteiger partial charge in [-0.15, -0.1) is 0 Å². The first kappa shape index (κ1) is 11.1. The number of nitrogens with two attached hydrogens (primary N) is 1. The highest BCUT2D eigenvalue weighted by atomic mass is 32.2. The zero-order valence-electron chi connectivity index (χ0n) is 8.58. The fraction of sp³-hybridized carbons (Fsp3) is 0.182. The van der Waals surface area contributed by atoms with Crippen LogP contribution in [0, 0.1) is 11.6 Å². The van der Waals surface area contributed by atoms with Gasteiger partial charge in [0.1, 0.15) is 5.54 Å². The molecule has 2 nitrogen and oxygen atoms in total. The van der Waals surface area contributed by atoms with Crippen LogP contribution >= 0.6 is 11.8 Å². The maximum absolute atomic E-state index is 13.6. The van der Waals surface area contributed by atoms with E-state index in [0.29, 0.717) is 5.17 Å². The van der Waals surface area contributed by atoms with Crippen LogP contribution in [0.5, 0.6) is 0 Å². The summed E-state index contributed by atoms with van der Waals surface area (Å²) < 4.78 is 26.8. The number of rotatable bonds is 1. The molecule has 2 N–H and O–H groups in total. The highest BCUT2D eigenvalue weighted by Gasteiger charge is 2.29. The van der Waals surface area contributed by atoms with E-state index in [0.717, 1.165) is 6.07 Å². The molecule has 0 saturated carbocycles. The topological polar surface area (TPSA) is 38.4 Å². The molecule has 1 aromatic rings. The summed E-state index contributed by atoms with van der Waals surface area (Å²) in [5.41, 5.74) is 4.84. The molecule has 84 valence electrons. The van der Waals surface area contributed by atoms with Crippen LogP contribution in [0.15, 0.2) is 34.7 Å². The van der Waals surface area contributed by atoms with Crippen molar-refractivity contribution in [3.05, 3.63) is 46.9 Å². The van der Waals surface area contributed by atoms with Gasteiger partial charge in [0.25, 0.3) is 0 Å². The van der Waals surface area contributed by atoms with Crippen molar-refractivity contribution in [1.29, 1.82) is 0 Å². The van der Waals surface area contributed by atoms with Gasteiger partial charge >= 0.3 is 0 Å². The first-order valence-corrected chi connectivity index (χ1v) is 5.55. The minimum Gasteiger partial charge on any atom is -0.378 e. The van der Waals surface area contributed by atoms with E-state index in [1.54, 1.807) is 18.4 Å². The van der Waals surface area contributed by atoms with Gasteiger partial charge in [0.15, 0.2) is 16.8 Å². The number of nitrogens with zero attached hydrogens (tertiary/aromatic N) is 1. The Hall–Kier alpha value is -1.36. The molecular formula is C11H10F2N2S. The molecule has 1 aromatic carbocycles. The van der Waals surface area contributed by atoms with Crippen molar-refractivity contribution in [2.75, 3.05) is 0 Å². The summed E-state index contributed by atoms with van der Waals surface area (Å²) in [6.45, 7) is 1.69. The summed E-state index contributed by atoms with van der Waals surface area (Å²) in [6.07, 6.45) is 1.70. The minimum atomic E-state index is -0.929. The molecule has 0 aromatic heterocycles. The standard InChI is InChI=1S/C11H10F2N2S/c1-11(5-6-16-10(14)15-11)7-3-2-4-8(12)9(7)13/h2-6H,1H3,(H2,14,15)/t11-/m0/s1. The Bertz CT molecular complexity index is 485. The second-order valence-corrected chi connectivity index (χ2v) is 4.55. The molecule has 1 heterocycles. The SMILES string of the molecule is C[C@@]1(c2cccc(F)c2F)C=CSC(N)=N1. The Labute approximate surface area is 96.3 Å². The summed E-state index contributed by atoms with van der Waals surface area (Å²) in [6, 6.07) is 4.05. The third-order valence-corrected chi connectivity index (χ3v) is 3.03. The van der Waals surface area contributed by atoms with Gasteiger partial charge in [0.05, 0.1) is 0 Å². The lowest BCUT2D eigenvalue weighted by atomic mass is 9.92. The molecule has 16 heavy (non-hydrogen) atoms. The maximum atomic E-state index is 13.6. The molecule has 0 radical (unpaired) electrons. The van der Waals surface area contributed by atoms with Crippen LogP contribution in [0.3, 0.4) is 0 Å². The van der Waals surface area contributed by atoms with Crippen LogP contribution in [0.1, 0.15) is 12.5 Å². The van der Waals surface area contributed by atoms with E-state index >= 15 is 0 Å². The highest BCUT2D eigenvalue weighted by molar-refractivity contribution is 8.16. The van der Waals surface area contributed by atoms with Crippen molar-refractivity contribution < 1.29 is 8.78 Å². The summed E-state index contributed by atoms with van der Waals surface area (Å²) in [5, 5.41) is 2.07. The van der Waals surface area contributed by atoms with Crippen molar-refractivity contribution in [1.82, 2.24) is 0 Å². The molecule has 0 fully saturated rings. The predicted molar refractivity (Wildman–Crippen MR) is 62.1 cm³/mol. The molecule has 1 aliphatic heterocycles. The summed E-state index contributed by atoms with van der Waals surface area (Å²) >= 11 is 1.26. The smallest absolute Gasteiger partial charge is 0.164 e. The maximum Gasteiger partial charge on any atom is 0.164 e. The number of hydrogen-bond acceptors (Lipinski definition) is 3. The summed E-state index contributed by atoms with van der Waals surface area (Å²) in [7, 11) is 0. The highest BCUT2D eigenvalue weighted by Crippen LogP contribution is 2.34. The van der Waals surface area contributed by atoms with Crippen LogP contribution in [0.25, 0.3) is 0 Å². The Balaban J connectivity index is 2.55. The lowest BCUT2D eigenvalue weighted by Gasteiger charge is -2.25. The number of halogens is 2. The van der Waals surface area contributed by atoms with Gasteiger partial charge in [-0.25, -0.2) is 13.8 Å². The Morgan fingerprint density at radius 2 is 2.12 bits per heavy atom. The third kappa shape index (κ3) is 1.82. The first-order chi connectivity index (χ1) is 7.53. The van der Waals surface area contributed by atoms with Gasteiger partial charge in [-0.05, 0) is 24.5 Å². The van der Waals surface area contributed by atoms with Crippen molar-refractivity contribution in [2.45, 2.75) is 12.5 Å². The summed E-state index contributed by atoms with van der Waals surface area (Å²) in [5.74, 6) is -1.75. The molecule has 0 bridgehead atoms. The van der Waals surface area contributed by atoms with Crippen LogP contribution in [0.4, 0.5) is 8.78 Å². The quantitative estimate of drug-likeness (QED) is 0.819. The van der Waals surface area contributed by atoms with E-state index in [1.165, 1.54) is 23.9 Å². The monoisotopic (exact) mass is 240 g/mol. The number of amidine groups is 1. The molecule has 0 spiro atoms. The molecule has 5 heteroatoms. The molecule has 1 atom stereocenters. The molecule has 0 unspecified atom stereocenters. The molecule has 0 saturated heterocycles. The van der Waals surface area contributed by atoms with Crippen LogP contribution in [-0.4, -0.2) is 5.17 Å². The number of thioether (sulfide) groups is 1. The summed E-state index contributed by atoms with van der Waals surface area (Å²) in [4.78, 5) is 4.15. The molecular weight excluding hydrogens is 230 g/mol. The van der Waals surface area contributed by atoms with Crippen LogP contribution in [0.2, 0.25) is 0 Å². The number of benzene rings is 1. The van der Waals surface area contributed by atoms with Crippen LogP contribution in [-0.2, 0) is 5.54 Å². The normalized spacial score (nSPS) is 24.3. The van der Waals surface area contributed by atoms with Gasteiger partial charge in [-0.1, -0.05) is 23.9 Å². The Morgan fingerprint density at radius 3 is 2.81 bits per heavy atom. The second kappa shape index (κ2) is 3.90. The van der Waals surface area contributed by atoms with Crippen molar-refractivity contribution >= 4 is 16.9 Å². The molecule has 0 amide bonds. The third-order valence-electron chi connectivity index (χ3n) is 2.42. The largest absolute Gasteiger partial charge is 0.378 e. The lowest BCUT2D eigenvalue weighted by molar-refractivity contribution is 0.474. The fourth-order valence-corrected chi connectivity index (χ4v) is 2.29. The van der Waals surface area contributed by atoms with Gasteiger partial charge in [0, 0.05) is 5.56 Å². The van der Waals surface area contributed by atoms with Gasteiger partial charge in [-0.2, -0.15) is 0 Å².